The zero-order valence-corrected chi connectivity index (χ0v) is 17.1. The highest BCUT2D eigenvalue weighted by Crippen LogP contribution is 2.32. The Balaban J connectivity index is 1.76. The number of rotatable bonds is 9. The maximum Gasteiger partial charge on any atom is 0.387 e. The summed E-state index contributed by atoms with van der Waals surface area (Å²) in [6.07, 6.45) is 2.23. The molecule has 1 unspecified atom stereocenters. The standard InChI is InChI=1S/C22H26F2N2O4/c1-28-18-8-4-3-7-16(18)17(26-11-5-6-12-26)14-25-21(27)15-9-10-19(30-22(23)24)20(13-15)29-2/h3-4,7-10,13,17,22H,5-6,11-12,14H2,1-2H3,(H,25,27). The maximum atomic E-state index is 12.7. The summed E-state index contributed by atoms with van der Waals surface area (Å²) >= 11 is 0. The van der Waals surface area contributed by atoms with Crippen LogP contribution in [0.25, 0.3) is 0 Å². The van der Waals surface area contributed by atoms with Crippen molar-refractivity contribution in [3.63, 3.8) is 0 Å². The van der Waals surface area contributed by atoms with Crippen molar-refractivity contribution in [3.05, 3.63) is 53.6 Å². The van der Waals surface area contributed by atoms with Crippen LogP contribution in [0.4, 0.5) is 8.78 Å². The zero-order valence-electron chi connectivity index (χ0n) is 17.1. The Kier molecular flexibility index (Phi) is 7.46. The fourth-order valence-electron chi connectivity index (χ4n) is 3.72. The molecule has 3 rings (SSSR count). The number of amides is 1. The minimum atomic E-state index is -2.97. The van der Waals surface area contributed by atoms with Crippen molar-refractivity contribution >= 4 is 5.91 Å². The van der Waals surface area contributed by atoms with Gasteiger partial charge in [-0.2, -0.15) is 8.78 Å². The molecule has 1 aliphatic heterocycles. The summed E-state index contributed by atoms with van der Waals surface area (Å²) in [4.78, 5) is 15.1. The van der Waals surface area contributed by atoms with Gasteiger partial charge in [0.2, 0.25) is 0 Å². The molecule has 1 atom stereocenters. The Bertz CT molecular complexity index is 857. The largest absolute Gasteiger partial charge is 0.496 e. The van der Waals surface area contributed by atoms with Crippen molar-refractivity contribution in [3.8, 4) is 17.2 Å². The highest BCUT2D eigenvalue weighted by molar-refractivity contribution is 5.94. The first-order valence-electron chi connectivity index (χ1n) is 9.81. The van der Waals surface area contributed by atoms with E-state index in [1.54, 1.807) is 7.11 Å². The second-order valence-corrected chi connectivity index (χ2v) is 6.95. The van der Waals surface area contributed by atoms with Gasteiger partial charge in [-0.1, -0.05) is 18.2 Å². The minimum Gasteiger partial charge on any atom is -0.496 e. The van der Waals surface area contributed by atoms with Crippen LogP contribution in [-0.2, 0) is 0 Å². The van der Waals surface area contributed by atoms with E-state index in [1.807, 2.05) is 24.3 Å². The lowest BCUT2D eigenvalue weighted by Crippen LogP contribution is -2.37. The Morgan fingerprint density at radius 3 is 2.40 bits per heavy atom. The average Bonchev–Trinajstić information content (AvgIpc) is 3.28. The van der Waals surface area contributed by atoms with Crippen LogP contribution in [0.1, 0.15) is 34.8 Å². The molecule has 2 aromatic rings. The second kappa shape index (κ2) is 10.2. The molecule has 1 saturated heterocycles. The number of carbonyl (C=O) groups excluding carboxylic acids is 1. The van der Waals surface area contributed by atoms with E-state index in [0.29, 0.717) is 12.1 Å². The molecule has 1 fully saturated rings. The van der Waals surface area contributed by atoms with E-state index in [-0.39, 0.29) is 23.4 Å². The van der Waals surface area contributed by atoms with Gasteiger partial charge in [0.1, 0.15) is 5.75 Å². The highest BCUT2D eigenvalue weighted by Gasteiger charge is 2.26. The summed E-state index contributed by atoms with van der Waals surface area (Å²) in [6.45, 7) is -0.685. The first-order valence-corrected chi connectivity index (χ1v) is 9.81. The van der Waals surface area contributed by atoms with Crippen LogP contribution in [0.3, 0.4) is 0 Å². The van der Waals surface area contributed by atoms with Gasteiger partial charge in [0, 0.05) is 17.7 Å². The molecule has 0 bridgehead atoms. The molecule has 0 spiro atoms. The van der Waals surface area contributed by atoms with E-state index in [2.05, 4.69) is 15.0 Å². The number of nitrogens with zero attached hydrogens (tertiary/aromatic N) is 1. The number of para-hydroxylation sites is 1. The Morgan fingerprint density at radius 1 is 1.03 bits per heavy atom. The van der Waals surface area contributed by atoms with Gasteiger partial charge in [0.15, 0.2) is 11.5 Å². The second-order valence-electron chi connectivity index (χ2n) is 6.95. The highest BCUT2D eigenvalue weighted by atomic mass is 19.3. The number of nitrogens with one attached hydrogen (secondary N) is 1. The molecule has 1 heterocycles. The van der Waals surface area contributed by atoms with Gasteiger partial charge in [-0.3, -0.25) is 9.69 Å². The number of hydrogen-bond donors (Lipinski definition) is 1. The fourth-order valence-corrected chi connectivity index (χ4v) is 3.72. The quantitative estimate of drug-likeness (QED) is 0.667. The third-order valence-corrected chi connectivity index (χ3v) is 5.18. The molecule has 162 valence electrons. The lowest BCUT2D eigenvalue weighted by Gasteiger charge is -2.29. The number of alkyl halides is 2. The SMILES string of the molecule is COc1cc(C(=O)NCC(c2ccccc2OC)N2CCCC2)ccc1OC(F)F. The average molecular weight is 420 g/mol. The molecule has 1 amide bonds. The summed E-state index contributed by atoms with van der Waals surface area (Å²) < 4.78 is 40.0. The molecule has 0 saturated carbocycles. The summed E-state index contributed by atoms with van der Waals surface area (Å²) in [7, 11) is 2.97. The van der Waals surface area contributed by atoms with Gasteiger partial charge in [-0.25, -0.2) is 0 Å². The summed E-state index contributed by atoms with van der Waals surface area (Å²) in [5.41, 5.74) is 1.31. The predicted octanol–water partition coefficient (Wildman–Crippen LogP) is 3.87. The molecule has 6 nitrogen and oxygen atoms in total. The molecule has 0 aromatic heterocycles. The summed E-state index contributed by atoms with van der Waals surface area (Å²) in [6, 6.07) is 11.9. The summed E-state index contributed by atoms with van der Waals surface area (Å²) in [5.74, 6) is 0.409. The van der Waals surface area contributed by atoms with Gasteiger partial charge >= 0.3 is 6.61 Å². The number of halogens is 2. The predicted molar refractivity (Wildman–Crippen MR) is 109 cm³/mol. The van der Waals surface area contributed by atoms with Crippen LogP contribution < -0.4 is 19.5 Å². The van der Waals surface area contributed by atoms with E-state index in [9.17, 15) is 13.6 Å². The van der Waals surface area contributed by atoms with Crippen molar-refractivity contribution in [1.29, 1.82) is 0 Å². The van der Waals surface area contributed by atoms with Crippen molar-refractivity contribution in [2.24, 2.45) is 0 Å². The number of methoxy groups -OCH3 is 2. The van der Waals surface area contributed by atoms with Crippen LogP contribution in [0.5, 0.6) is 17.2 Å². The third kappa shape index (κ3) is 5.18. The Morgan fingerprint density at radius 2 is 1.73 bits per heavy atom. The van der Waals surface area contributed by atoms with Crippen LogP contribution in [0.15, 0.2) is 42.5 Å². The molecule has 0 radical (unpaired) electrons. The monoisotopic (exact) mass is 420 g/mol. The molecule has 2 aromatic carbocycles. The van der Waals surface area contributed by atoms with Crippen molar-refractivity contribution < 1.29 is 27.8 Å². The van der Waals surface area contributed by atoms with Crippen LogP contribution in [0.2, 0.25) is 0 Å². The van der Waals surface area contributed by atoms with E-state index >= 15 is 0 Å². The van der Waals surface area contributed by atoms with E-state index in [4.69, 9.17) is 9.47 Å². The number of likely N-dealkylation sites (tertiary alicyclic amines) is 1. The van der Waals surface area contributed by atoms with Crippen LogP contribution in [-0.4, -0.2) is 51.3 Å². The normalized spacial score (nSPS) is 15.1. The molecule has 0 aliphatic carbocycles. The van der Waals surface area contributed by atoms with Gasteiger partial charge in [0.05, 0.1) is 20.3 Å². The topological polar surface area (TPSA) is 60.0 Å². The lowest BCUT2D eigenvalue weighted by molar-refractivity contribution is -0.0512. The van der Waals surface area contributed by atoms with E-state index in [1.165, 1.54) is 25.3 Å². The van der Waals surface area contributed by atoms with Crippen LogP contribution in [0, 0.1) is 0 Å². The molecule has 1 N–H and O–H groups in total. The van der Waals surface area contributed by atoms with Crippen molar-refractivity contribution in [2.75, 3.05) is 33.9 Å². The minimum absolute atomic E-state index is 0.0315. The number of carbonyl (C=O) groups is 1. The Labute approximate surface area is 174 Å². The molecule has 1 aliphatic rings. The molecular formula is C22H26F2N2O4. The molecule has 8 heteroatoms. The van der Waals surface area contributed by atoms with E-state index in [0.717, 1.165) is 37.2 Å². The van der Waals surface area contributed by atoms with Gasteiger partial charge in [-0.15, -0.1) is 0 Å². The van der Waals surface area contributed by atoms with Gasteiger partial charge < -0.3 is 19.5 Å². The Hall–Kier alpha value is -2.87. The first-order chi connectivity index (χ1) is 14.5. The summed E-state index contributed by atoms with van der Waals surface area (Å²) in [5, 5.41) is 2.96. The molecular weight excluding hydrogens is 394 g/mol. The van der Waals surface area contributed by atoms with Crippen molar-refractivity contribution in [1.82, 2.24) is 10.2 Å². The zero-order chi connectivity index (χ0) is 21.5. The number of ether oxygens (including phenoxy) is 3. The van der Waals surface area contributed by atoms with Gasteiger partial charge in [-0.05, 0) is 50.2 Å². The van der Waals surface area contributed by atoms with Gasteiger partial charge in [0.25, 0.3) is 5.91 Å². The number of benzene rings is 2. The first kappa shape index (κ1) is 21.8. The smallest absolute Gasteiger partial charge is 0.387 e. The fraction of sp³-hybridized carbons (Fsp3) is 0.409. The molecule has 30 heavy (non-hydrogen) atoms. The van der Waals surface area contributed by atoms with Crippen molar-refractivity contribution in [2.45, 2.75) is 25.5 Å². The third-order valence-electron chi connectivity index (χ3n) is 5.18. The number of hydrogen-bond acceptors (Lipinski definition) is 5. The maximum absolute atomic E-state index is 12.7. The van der Waals surface area contributed by atoms with Crippen LogP contribution >= 0.6 is 0 Å². The lowest BCUT2D eigenvalue weighted by atomic mass is 10.0. The van der Waals surface area contributed by atoms with E-state index < -0.39 is 6.61 Å².